The number of benzene rings is 1. The van der Waals surface area contributed by atoms with Crippen LogP contribution in [0, 0.1) is 11.8 Å². The highest BCUT2D eigenvalue weighted by Crippen LogP contribution is 2.60. The number of ether oxygens (including phenoxy) is 8. The van der Waals surface area contributed by atoms with Crippen LogP contribution in [0.5, 0.6) is 5.75 Å². The van der Waals surface area contributed by atoms with Crippen LogP contribution < -0.4 is 4.74 Å². The third-order valence-corrected chi connectivity index (χ3v) is 7.90. The number of rotatable bonds is 9. The quantitative estimate of drug-likeness (QED) is 0.180. The van der Waals surface area contributed by atoms with E-state index in [1.807, 2.05) is 0 Å². The summed E-state index contributed by atoms with van der Waals surface area (Å²) in [7, 11) is 1.54. The minimum atomic E-state index is -1.35. The number of methoxy groups -OCH3 is 1. The molecular formula is C29H34O13. The zero-order valence-electron chi connectivity index (χ0n) is 23.5. The van der Waals surface area contributed by atoms with E-state index < -0.39 is 84.5 Å². The molecule has 0 radical (unpaired) electrons. The molecule has 1 saturated carbocycles. The number of esters is 3. The summed E-state index contributed by atoms with van der Waals surface area (Å²) in [6.07, 6.45) is -2.78. The number of carbonyl (C=O) groups excluding carboxylic acids is 3. The van der Waals surface area contributed by atoms with Crippen LogP contribution in [0.3, 0.4) is 0 Å². The average Bonchev–Trinajstić information content (AvgIpc) is 3.62. The lowest BCUT2D eigenvalue weighted by atomic mass is 9.86. The first-order valence-electron chi connectivity index (χ1n) is 13.5. The second-order valence-corrected chi connectivity index (χ2v) is 10.6. The molecule has 3 aliphatic heterocycles. The zero-order chi connectivity index (χ0) is 30.2. The number of carbonyl (C=O) groups is 3. The first-order chi connectivity index (χ1) is 20.1. The number of hydrogen-bond acceptors (Lipinski definition) is 13. The lowest BCUT2D eigenvalue weighted by molar-refractivity contribution is -0.315. The first-order valence-corrected chi connectivity index (χ1v) is 13.5. The van der Waals surface area contributed by atoms with Crippen LogP contribution in [-0.2, 0) is 47.5 Å². The van der Waals surface area contributed by atoms with Crippen molar-refractivity contribution in [1.82, 2.24) is 0 Å². The molecule has 11 unspecified atom stereocenters. The van der Waals surface area contributed by atoms with Gasteiger partial charge in [-0.05, 0) is 36.8 Å². The fourth-order valence-corrected chi connectivity index (χ4v) is 6.00. The predicted molar refractivity (Wildman–Crippen MR) is 140 cm³/mol. The molecule has 1 aromatic carbocycles. The fraction of sp³-hybridized carbons (Fsp3) is 0.552. The van der Waals surface area contributed by atoms with Gasteiger partial charge in [0.2, 0.25) is 6.29 Å². The average molecular weight is 591 g/mol. The zero-order valence-corrected chi connectivity index (χ0v) is 23.5. The van der Waals surface area contributed by atoms with Crippen molar-refractivity contribution in [3.63, 3.8) is 0 Å². The van der Waals surface area contributed by atoms with Crippen LogP contribution >= 0.6 is 0 Å². The minimum absolute atomic E-state index is 0.377. The Balaban J connectivity index is 1.40. The second-order valence-electron chi connectivity index (χ2n) is 10.6. The van der Waals surface area contributed by atoms with E-state index in [4.69, 9.17) is 37.9 Å². The van der Waals surface area contributed by atoms with Crippen LogP contribution in [0.15, 0.2) is 42.7 Å². The molecule has 11 atom stereocenters. The Labute approximate surface area is 241 Å². The third-order valence-electron chi connectivity index (χ3n) is 7.90. The highest BCUT2D eigenvalue weighted by atomic mass is 16.7. The van der Waals surface area contributed by atoms with Gasteiger partial charge in [0.15, 0.2) is 24.6 Å². The molecule has 1 aromatic rings. The van der Waals surface area contributed by atoms with Crippen molar-refractivity contribution < 1.29 is 62.5 Å². The smallest absolute Gasteiger partial charge is 0.331 e. The Kier molecular flexibility index (Phi) is 8.58. The summed E-state index contributed by atoms with van der Waals surface area (Å²) < 4.78 is 45.3. The lowest BCUT2D eigenvalue weighted by Crippen LogP contribution is -2.62. The minimum Gasteiger partial charge on any atom is -0.497 e. The maximum Gasteiger partial charge on any atom is 0.331 e. The standard InChI is InChI=1S/C29H34O13/c1-14-22(38-15(2)31)24(40-20(33)10-7-17-5-8-18(35-4)9-6-17)25(39-16(3)32)28(37-14)41-23-19-11-12-36-27(34)21(19)29(13-30)26(23)42-29/h5-12,14,19,21-28,30,34H,13H2,1-4H3. The lowest BCUT2D eigenvalue weighted by Gasteiger charge is -2.44. The molecule has 42 heavy (non-hydrogen) atoms. The van der Waals surface area contributed by atoms with Gasteiger partial charge in [-0.3, -0.25) is 9.59 Å². The van der Waals surface area contributed by atoms with Gasteiger partial charge in [0.05, 0.1) is 38.1 Å². The molecule has 13 heteroatoms. The molecule has 13 nitrogen and oxygen atoms in total. The number of epoxide rings is 1. The molecule has 2 saturated heterocycles. The summed E-state index contributed by atoms with van der Waals surface area (Å²) in [5.41, 5.74) is -0.378. The van der Waals surface area contributed by atoms with E-state index in [-0.39, 0.29) is 6.61 Å². The summed E-state index contributed by atoms with van der Waals surface area (Å²) >= 11 is 0. The van der Waals surface area contributed by atoms with Crippen molar-refractivity contribution in [2.24, 2.45) is 11.8 Å². The Morgan fingerprint density at radius 1 is 1.00 bits per heavy atom. The maximum atomic E-state index is 13.0. The SMILES string of the molecule is COc1ccc(C=CC(=O)OC2C(OC(C)=O)C(C)OC(OC3C4C=COC(O)C4C4(CO)OC34)C2OC(C)=O)cc1. The van der Waals surface area contributed by atoms with Crippen molar-refractivity contribution in [2.45, 2.75) is 75.6 Å². The first kappa shape index (κ1) is 30.0. The predicted octanol–water partition coefficient (Wildman–Crippen LogP) is 0.852. The molecular weight excluding hydrogens is 556 g/mol. The second kappa shape index (κ2) is 12.0. The van der Waals surface area contributed by atoms with Crippen LogP contribution in [0.4, 0.5) is 0 Å². The number of aliphatic hydroxyl groups is 2. The normalized spacial score (nSPS) is 38.1. The summed E-state index contributed by atoms with van der Waals surface area (Å²) in [4.78, 5) is 37.2. The van der Waals surface area contributed by atoms with Gasteiger partial charge in [-0.2, -0.15) is 0 Å². The molecule has 3 fully saturated rings. The molecule has 0 bridgehead atoms. The summed E-state index contributed by atoms with van der Waals surface area (Å²) in [5.74, 6) is -2.58. The van der Waals surface area contributed by atoms with Crippen LogP contribution in [0.2, 0.25) is 0 Å². The topological polar surface area (TPSA) is 169 Å². The Morgan fingerprint density at radius 2 is 1.69 bits per heavy atom. The monoisotopic (exact) mass is 590 g/mol. The van der Waals surface area contributed by atoms with Crippen molar-refractivity contribution in [3.8, 4) is 5.75 Å². The van der Waals surface area contributed by atoms with E-state index in [9.17, 15) is 24.6 Å². The van der Waals surface area contributed by atoms with Gasteiger partial charge in [-0.1, -0.05) is 12.1 Å². The molecule has 2 N–H and O–H groups in total. The summed E-state index contributed by atoms with van der Waals surface area (Å²) in [6, 6.07) is 6.95. The van der Waals surface area contributed by atoms with E-state index in [2.05, 4.69) is 0 Å². The van der Waals surface area contributed by atoms with Gasteiger partial charge in [-0.15, -0.1) is 0 Å². The van der Waals surface area contributed by atoms with Gasteiger partial charge >= 0.3 is 17.9 Å². The number of fused-ring (bicyclic) bond motifs is 3. The number of hydrogen-bond donors (Lipinski definition) is 2. The van der Waals surface area contributed by atoms with E-state index >= 15 is 0 Å². The van der Waals surface area contributed by atoms with E-state index in [1.165, 1.54) is 32.3 Å². The van der Waals surface area contributed by atoms with Crippen LogP contribution in [-0.4, -0.2) is 96.6 Å². The molecule has 4 aliphatic rings. The molecule has 1 aliphatic carbocycles. The maximum absolute atomic E-state index is 13.0. The van der Waals surface area contributed by atoms with Gasteiger partial charge in [-0.25, -0.2) is 4.79 Å². The van der Waals surface area contributed by atoms with Crippen molar-refractivity contribution >= 4 is 24.0 Å². The molecule has 0 spiro atoms. The van der Waals surface area contributed by atoms with Gasteiger partial charge in [0, 0.05) is 25.8 Å². The van der Waals surface area contributed by atoms with Crippen LogP contribution in [0.25, 0.3) is 6.08 Å². The molecule has 5 rings (SSSR count). The highest BCUT2D eigenvalue weighted by molar-refractivity contribution is 5.87. The fourth-order valence-electron chi connectivity index (χ4n) is 6.00. The van der Waals surface area contributed by atoms with Crippen molar-refractivity contribution in [1.29, 1.82) is 0 Å². The van der Waals surface area contributed by atoms with Crippen molar-refractivity contribution in [2.75, 3.05) is 13.7 Å². The van der Waals surface area contributed by atoms with Crippen molar-refractivity contribution in [3.05, 3.63) is 48.2 Å². The van der Waals surface area contributed by atoms with E-state index in [1.54, 1.807) is 44.4 Å². The third kappa shape index (κ3) is 5.75. The number of aliphatic hydroxyl groups excluding tert-OH is 2. The summed E-state index contributed by atoms with van der Waals surface area (Å²) in [5, 5.41) is 20.6. The van der Waals surface area contributed by atoms with Gasteiger partial charge in [0.25, 0.3) is 0 Å². The molecule has 228 valence electrons. The summed E-state index contributed by atoms with van der Waals surface area (Å²) in [6.45, 7) is 3.59. The van der Waals surface area contributed by atoms with Gasteiger partial charge in [0.1, 0.15) is 17.5 Å². The van der Waals surface area contributed by atoms with Gasteiger partial charge < -0.3 is 48.1 Å². The Hall–Kier alpha value is -3.49. The molecule has 0 amide bonds. The molecule has 3 heterocycles. The Morgan fingerprint density at radius 3 is 2.33 bits per heavy atom. The highest BCUT2D eigenvalue weighted by Gasteiger charge is 2.76. The van der Waals surface area contributed by atoms with E-state index in [0.29, 0.717) is 11.3 Å². The van der Waals surface area contributed by atoms with Crippen LogP contribution in [0.1, 0.15) is 26.3 Å². The Bertz CT molecular complexity index is 1230. The molecule has 0 aromatic heterocycles. The largest absolute Gasteiger partial charge is 0.497 e. The van der Waals surface area contributed by atoms with E-state index in [0.717, 1.165) is 0 Å².